The Morgan fingerprint density at radius 3 is 2.72 bits per heavy atom. The SMILES string of the molecule is CCN1CC2(CCC1=O)CCN(C(=O)NCc1cccc(F)c1)CC2. The first-order chi connectivity index (χ1) is 12.0. The molecule has 5 nitrogen and oxygen atoms in total. The molecule has 0 unspecified atom stereocenters. The number of hydrogen-bond donors (Lipinski definition) is 1. The number of halogens is 1. The van der Waals surface area contributed by atoms with Crippen LogP contribution in [-0.2, 0) is 11.3 Å². The van der Waals surface area contributed by atoms with Crippen molar-refractivity contribution in [3.8, 4) is 0 Å². The number of nitrogens with one attached hydrogen (secondary N) is 1. The van der Waals surface area contributed by atoms with E-state index < -0.39 is 0 Å². The highest BCUT2D eigenvalue weighted by Crippen LogP contribution is 2.40. The average Bonchev–Trinajstić information content (AvgIpc) is 2.63. The summed E-state index contributed by atoms with van der Waals surface area (Å²) in [5.41, 5.74) is 0.926. The van der Waals surface area contributed by atoms with Crippen LogP contribution in [0.4, 0.5) is 9.18 Å². The summed E-state index contributed by atoms with van der Waals surface area (Å²) in [4.78, 5) is 28.0. The molecule has 1 spiro atoms. The third-order valence-electron chi connectivity index (χ3n) is 5.57. The van der Waals surface area contributed by atoms with E-state index in [1.165, 1.54) is 12.1 Å². The first-order valence-corrected chi connectivity index (χ1v) is 9.06. The molecule has 3 amide bonds. The predicted octanol–water partition coefficient (Wildman–Crippen LogP) is 2.76. The van der Waals surface area contributed by atoms with E-state index in [9.17, 15) is 14.0 Å². The van der Waals surface area contributed by atoms with Gasteiger partial charge >= 0.3 is 6.03 Å². The average molecular weight is 347 g/mol. The van der Waals surface area contributed by atoms with Gasteiger partial charge in [0.05, 0.1) is 0 Å². The van der Waals surface area contributed by atoms with Gasteiger partial charge in [-0.2, -0.15) is 0 Å². The molecule has 25 heavy (non-hydrogen) atoms. The Bertz CT molecular complexity index is 641. The number of benzene rings is 1. The molecule has 2 aliphatic heterocycles. The zero-order chi connectivity index (χ0) is 17.9. The first kappa shape index (κ1) is 17.7. The maximum Gasteiger partial charge on any atom is 0.317 e. The van der Waals surface area contributed by atoms with E-state index >= 15 is 0 Å². The predicted molar refractivity (Wildman–Crippen MR) is 93.4 cm³/mol. The van der Waals surface area contributed by atoms with Gasteiger partial charge < -0.3 is 15.1 Å². The minimum atomic E-state index is -0.293. The molecule has 0 aromatic heterocycles. The molecule has 1 aromatic rings. The lowest BCUT2D eigenvalue weighted by Crippen LogP contribution is -2.53. The van der Waals surface area contributed by atoms with Crippen molar-refractivity contribution in [1.82, 2.24) is 15.1 Å². The molecule has 2 heterocycles. The van der Waals surface area contributed by atoms with Gasteiger partial charge in [0.25, 0.3) is 0 Å². The van der Waals surface area contributed by atoms with Crippen LogP contribution < -0.4 is 5.32 Å². The van der Waals surface area contributed by atoms with Crippen LogP contribution in [0.2, 0.25) is 0 Å². The molecular formula is C19H26FN3O2. The molecule has 2 fully saturated rings. The van der Waals surface area contributed by atoms with Crippen molar-refractivity contribution < 1.29 is 14.0 Å². The van der Waals surface area contributed by atoms with E-state index in [-0.39, 0.29) is 23.2 Å². The molecule has 136 valence electrons. The molecular weight excluding hydrogens is 321 g/mol. The van der Waals surface area contributed by atoms with Crippen LogP contribution in [0.1, 0.15) is 38.2 Å². The van der Waals surface area contributed by atoms with Crippen LogP contribution in [0, 0.1) is 11.2 Å². The van der Waals surface area contributed by atoms with Gasteiger partial charge in [0.15, 0.2) is 0 Å². The fraction of sp³-hybridized carbons (Fsp3) is 0.579. The van der Waals surface area contributed by atoms with E-state index in [1.807, 2.05) is 16.7 Å². The molecule has 0 atom stereocenters. The van der Waals surface area contributed by atoms with Crippen LogP contribution >= 0.6 is 0 Å². The molecule has 1 N–H and O–H groups in total. The number of rotatable bonds is 3. The number of hydrogen-bond acceptors (Lipinski definition) is 2. The Morgan fingerprint density at radius 2 is 2.04 bits per heavy atom. The standard InChI is InChI=1S/C19H26FN3O2/c1-2-22-14-19(7-6-17(22)24)8-10-23(11-9-19)18(25)21-13-15-4-3-5-16(20)12-15/h3-5,12H,2,6-11,13-14H2,1H3,(H,21,25). The third-order valence-corrected chi connectivity index (χ3v) is 5.57. The number of nitrogens with zero attached hydrogens (tertiary/aromatic N) is 2. The normalized spacial score (nSPS) is 20.0. The van der Waals surface area contributed by atoms with Gasteiger partial charge in [-0.15, -0.1) is 0 Å². The van der Waals surface area contributed by atoms with E-state index in [2.05, 4.69) is 5.32 Å². The van der Waals surface area contributed by atoms with E-state index in [0.717, 1.165) is 37.9 Å². The number of likely N-dealkylation sites (tertiary alicyclic amines) is 2. The van der Waals surface area contributed by atoms with Crippen LogP contribution in [0.3, 0.4) is 0 Å². The van der Waals surface area contributed by atoms with Crippen molar-refractivity contribution >= 4 is 11.9 Å². The van der Waals surface area contributed by atoms with Crippen molar-refractivity contribution in [2.75, 3.05) is 26.2 Å². The van der Waals surface area contributed by atoms with Crippen molar-refractivity contribution in [3.05, 3.63) is 35.6 Å². The molecule has 0 saturated carbocycles. The number of carbonyl (C=O) groups is 2. The lowest BCUT2D eigenvalue weighted by molar-refractivity contribution is -0.138. The highest BCUT2D eigenvalue weighted by Gasteiger charge is 2.41. The lowest BCUT2D eigenvalue weighted by atomic mass is 9.72. The van der Waals surface area contributed by atoms with Crippen LogP contribution in [0.15, 0.2) is 24.3 Å². The summed E-state index contributed by atoms with van der Waals surface area (Å²) in [6.07, 6.45) is 3.43. The summed E-state index contributed by atoms with van der Waals surface area (Å²) >= 11 is 0. The Labute approximate surface area is 148 Å². The smallest absolute Gasteiger partial charge is 0.317 e. The van der Waals surface area contributed by atoms with Gasteiger partial charge in [-0.1, -0.05) is 12.1 Å². The molecule has 0 aliphatic carbocycles. The summed E-state index contributed by atoms with van der Waals surface area (Å²) in [6, 6.07) is 6.17. The maximum absolute atomic E-state index is 13.2. The summed E-state index contributed by atoms with van der Waals surface area (Å²) < 4.78 is 13.2. The molecule has 2 saturated heterocycles. The summed E-state index contributed by atoms with van der Waals surface area (Å²) in [5.74, 6) is -0.0395. The zero-order valence-electron chi connectivity index (χ0n) is 14.8. The van der Waals surface area contributed by atoms with Crippen molar-refractivity contribution in [2.45, 2.75) is 39.2 Å². The Hall–Kier alpha value is -2.11. The topological polar surface area (TPSA) is 52.7 Å². The summed E-state index contributed by atoms with van der Waals surface area (Å²) in [6.45, 7) is 5.35. The summed E-state index contributed by atoms with van der Waals surface area (Å²) in [5, 5.41) is 2.87. The van der Waals surface area contributed by atoms with Crippen LogP contribution in [-0.4, -0.2) is 47.9 Å². The highest BCUT2D eigenvalue weighted by atomic mass is 19.1. The molecule has 1 aromatic carbocycles. The number of amides is 3. The molecule has 3 rings (SSSR count). The first-order valence-electron chi connectivity index (χ1n) is 9.06. The van der Waals surface area contributed by atoms with E-state index in [1.54, 1.807) is 12.1 Å². The van der Waals surface area contributed by atoms with E-state index in [0.29, 0.717) is 26.1 Å². The number of urea groups is 1. The largest absolute Gasteiger partial charge is 0.342 e. The fourth-order valence-electron chi connectivity index (χ4n) is 3.92. The van der Waals surface area contributed by atoms with Gasteiger partial charge in [-0.25, -0.2) is 9.18 Å². The van der Waals surface area contributed by atoms with Gasteiger partial charge in [0.2, 0.25) is 5.91 Å². The molecule has 6 heteroatoms. The number of carbonyl (C=O) groups excluding carboxylic acids is 2. The summed E-state index contributed by atoms with van der Waals surface area (Å²) in [7, 11) is 0. The van der Waals surface area contributed by atoms with Gasteiger partial charge in [-0.3, -0.25) is 4.79 Å². The molecule has 0 radical (unpaired) electrons. The Balaban J connectivity index is 1.50. The number of piperidine rings is 2. The molecule has 2 aliphatic rings. The fourth-order valence-corrected chi connectivity index (χ4v) is 3.92. The minimum Gasteiger partial charge on any atom is -0.342 e. The van der Waals surface area contributed by atoms with Gasteiger partial charge in [0.1, 0.15) is 5.82 Å². The second-order valence-electron chi connectivity index (χ2n) is 7.18. The lowest BCUT2D eigenvalue weighted by Gasteiger charge is -2.47. The van der Waals surface area contributed by atoms with Crippen LogP contribution in [0.25, 0.3) is 0 Å². The van der Waals surface area contributed by atoms with Crippen LogP contribution in [0.5, 0.6) is 0 Å². The second kappa shape index (κ2) is 7.42. The van der Waals surface area contributed by atoms with Gasteiger partial charge in [-0.05, 0) is 49.3 Å². The van der Waals surface area contributed by atoms with Crippen molar-refractivity contribution in [2.24, 2.45) is 5.41 Å². The zero-order valence-corrected chi connectivity index (χ0v) is 14.8. The Kier molecular flexibility index (Phi) is 5.25. The van der Waals surface area contributed by atoms with Gasteiger partial charge in [0, 0.05) is 39.1 Å². The van der Waals surface area contributed by atoms with Crippen molar-refractivity contribution in [3.63, 3.8) is 0 Å². The van der Waals surface area contributed by atoms with E-state index in [4.69, 9.17) is 0 Å². The minimum absolute atomic E-state index is 0.0988. The molecule has 0 bridgehead atoms. The second-order valence-corrected chi connectivity index (χ2v) is 7.18. The van der Waals surface area contributed by atoms with Crippen molar-refractivity contribution in [1.29, 1.82) is 0 Å². The Morgan fingerprint density at radius 1 is 1.28 bits per heavy atom. The monoisotopic (exact) mass is 347 g/mol. The quantitative estimate of drug-likeness (QED) is 0.914. The third kappa shape index (κ3) is 4.11. The highest BCUT2D eigenvalue weighted by molar-refractivity contribution is 5.77. The maximum atomic E-state index is 13.2.